The van der Waals surface area contributed by atoms with Gasteiger partial charge < -0.3 is 4.74 Å². The Labute approximate surface area is 318 Å². The molecule has 51 heavy (non-hydrogen) atoms. The Balaban J connectivity index is 1.37. The molecule has 1 aromatic heterocycles. The van der Waals surface area contributed by atoms with Crippen molar-refractivity contribution in [2.24, 2.45) is 0 Å². The molecule has 2 nitrogen and oxygen atoms in total. The SMILES string of the molecule is CCCCCCCCCCCCCCCCCCCCCCOc1ccc(/C=C/c2cc[n+](CCCCCCCCCCCCCC)cc2)cc1. The average Bonchev–Trinajstić information content (AvgIpc) is 3.16. The van der Waals surface area contributed by atoms with E-state index < -0.39 is 0 Å². The van der Waals surface area contributed by atoms with Crippen LogP contribution in [0.15, 0.2) is 48.8 Å². The van der Waals surface area contributed by atoms with Gasteiger partial charge in [-0.2, -0.15) is 0 Å². The van der Waals surface area contributed by atoms with Gasteiger partial charge in [0.2, 0.25) is 0 Å². The summed E-state index contributed by atoms with van der Waals surface area (Å²) in [7, 11) is 0. The fourth-order valence-electron chi connectivity index (χ4n) is 7.28. The number of rotatable bonds is 37. The fourth-order valence-corrected chi connectivity index (χ4v) is 7.28. The minimum absolute atomic E-state index is 0.831. The molecule has 2 aromatic rings. The molecule has 0 N–H and O–H groups in total. The van der Waals surface area contributed by atoms with Crippen molar-refractivity contribution in [3.05, 3.63) is 59.9 Å². The van der Waals surface area contributed by atoms with Gasteiger partial charge in [-0.15, -0.1) is 0 Å². The summed E-state index contributed by atoms with van der Waals surface area (Å²) in [6, 6.07) is 13.0. The number of ether oxygens (including phenoxy) is 1. The Bertz CT molecular complexity index is 1010. The summed E-state index contributed by atoms with van der Waals surface area (Å²) in [4.78, 5) is 0. The molecule has 0 saturated heterocycles. The number of benzene rings is 1. The third kappa shape index (κ3) is 28.1. The Kier molecular flexibility index (Phi) is 30.9. The Morgan fingerprint density at radius 3 is 1.06 bits per heavy atom. The summed E-state index contributed by atoms with van der Waals surface area (Å²) in [5.74, 6) is 0.989. The van der Waals surface area contributed by atoms with Crippen molar-refractivity contribution in [2.45, 2.75) is 226 Å². The van der Waals surface area contributed by atoms with Crippen LogP contribution in [0.4, 0.5) is 0 Å². The molecule has 0 amide bonds. The zero-order valence-electron chi connectivity index (χ0n) is 34.2. The maximum atomic E-state index is 6.03. The van der Waals surface area contributed by atoms with Gasteiger partial charge in [-0.05, 0) is 36.1 Å². The number of nitrogens with zero attached hydrogens (tertiary/aromatic N) is 1. The predicted octanol–water partition coefficient (Wildman–Crippen LogP) is 16.0. The molecule has 2 heteroatoms. The fraction of sp³-hybridized carbons (Fsp3) is 0.735. The molecular formula is C49H84NO+. The van der Waals surface area contributed by atoms with Crippen molar-refractivity contribution in [1.29, 1.82) is 0 Å². The van der Waals surface area contributed by atoms with E-state index in [0.29, 0.717) is 0 Å². The molecule has 0 aliphatic heterocycles. The lowest BCUT2D eigenvalue weighted by molar-refractivity contribution is -0.697. The highest BCUT2D eigenvalue weighted by molar-refractivity contribution is 5.69. The lowest BCUT2D eigenvalue weighted by atomic mass is 10.0. The second kappa shape index (κ2) is 35.0. The quantitative estimate of drug-likeness (QED) is 0.0504. The summed E-state index contributed by atoms with van der Waals surface area (Å²) >= 11 is 0. The first-order valence-electron chi connectivity index (χ1n) is 22.7. The van der Waals surface area contributed by atoms with Crippen LogP contribution < -0.4 is 9.30 Å². The highest BCUT2D eigenvalue weighted by Gasteiger charge is 2.01. The number of aromatic nitrogens is 1. The first-order chi connectivity index (χ1) is 25.3. The van der Waals surface area contributed by atoms with Crippen LogP contribution in [0.5, 0.6) is 5.75 Å². The van der Waals surface area contributed by atoms with E-state index in [2.05, 4.69) is 79.4 Å². The maximum absolute atomic E-state index is 6.03. The van der Waals surface area contributed by atoms with Crippen LogP contribution in [0, 0.1) is 0 Å². The van der Waals surface area contributed by atoms with Gasteiger partial charge in [-0.1, -0.05) is 224 Å². The number of pyridine rings is 1. The monoisotopic (exact) mass is 703 g/mol. The van der Waals surface area contributed by atoms with E-state index in [1.54, 1.807) is 0 Å². The van der Waals surface area contributed by atoms with E-state index in [1.165, 1.54) is 210 Å². The molecule has 0 atom stereocenters. The molecular weight excluding hydrogens is 619 g/mol. The molecule has 0 saturated carbocycles. The van der Waals surface area contributed by atoms with Crippen LogP contribution >= 0.6 is 0 Å². The van der Waals surface area contributed by atoms with Gasteiger partial charge in [0.05, 0.1) is 6.61 Å². The van der Waals surface area contributed by atoms with Gasteiger partial charge in [-0.3, -0.25) is 0 Å². The van der Waals surface area contributed by atoms with Crippen molar-refractivity contribution in [2.75, 3.05) is 6.61 Å². The number of unbranched alkanes of at least 4 members (excludes halogenated alkanes) is 30. The average molecular weight is 703 g/mol. The van der Waals surface area contributed by atoms with Gasteiger partial charge in [-0.25, -0.2) is 4.57 Å². The standard InChI is InChI=1S/C49H84NO/c1-3-5-7-9-11-13-15-17-18-19-20-21-22-23-24-26-28-30-32-34-46-51-49-39-37-47(38-40-49)35-36-48-41-44-50(45-42-48)43-33-31-29-27-25-16-14-12-10-8-6-4-2/h35-42,44-45H,3-34,43,46H2,1-2H3/q+1/b36-35+. The highest BCUT2D eigenvalue weighted by atomic mass is 16.5. The molecule has 0 aliphatic rings. The Hall–Kier alpha value is -2.09. The lowest BCUT2D eigenvalue weighted by Crippen LogP contribution is -2.32. The normalized spacial score (nSPS) is 11.6. The molecule has 1 heterocycles. The second-order valence-corrected chi connectivity index (χ2v) is 15.7. The third-order valence-electron chi connectivity index (χ3n) is 10.8. The van der Waals surface area contributed by atoms with Crippen LogP contribution in [0.1, 0.15) is 230 Å². The summed E-state index contributed by atoms with van der Waals surface area (Å²) < 4.78 is 8.37. The van der Waals surface area contributed by atoms with Crippen molar-refractivity contribution >= 4 is 12.2 Å². The van der Waals surface area contributed by atoms with E-state index in [9.17, 15) is 0 Å². The summed E-state index contributed by atoms with van der Waals surface area (Å²) in [6.07, 6.45) is 54.1. The smallest absolute Gasteiger partial charge is 0.169 e. The minimum atomic E-state index is 0.831. The van der Waals surface area contributed by atoms with Crippen LogP contribution in [-0.2, 0) is 6.54 Å². The van der Waals surface area contributed by atoms with Crippen LogP contribution in [-0.4, -0.2) is 6.61 Å². The molecule has 1 aromatic carbocycles. The molecule has 0 radical (unpaired) electrons. The molecule has 290 valence electrons. The molecule has 0 spiro atoms. The van der Waals surface area contributed by atoms with Crippen molar-refractivity contribution < 1.29 is 9.30 Å². The Morgan fingerprint density at radius 2 is 0.686 bits per heavy atom. The van der Waals surface area contributed by atoms with E-state index in [-0.39, 0.29) is 0 Å². The largest absolute Gasteiger partial charge is 0.494 e. The molecule has 0 bridgehead atoms. The highest BCUT2D eigenvalue weighted by Crippen LogP contribution is 2.17. The first-order valence-corrected chi connectivity index (χ1v) is 22.7. The van der Waals surface area contributed by atoms with Gasteiger partial charge in [0.1, 0.15) is 12.3 Å². The third-order valence-corrected chi connectivity index (χ3v) is 10.8. The molecule has 2 rings (SSSR count). The summed E-state index contributed by atoms with van der Waals surface area (Å²) in [6.45, 7) is 6.56. The Morgan fingerprint density at radius 1 is 0.373 bits per heavy atom. The summed E-state index contributed by atoms with van der Waals surface area (Å²) in [5.41, 5.74) is 2.47. The van der Waals surface area contributed by atoms with E-state index in [4.69, 9.17) is 4.74 Å². The molecule has 0 unspecified atom stereocenters. The second-order valence-electron chi connectivity index (χ2n) is 15.7. The number of hydrogen-bond acceptors (Lipinski definition) is 1. The van der Waals surface area contributed by atoms with Gasteiger partial charge in [0, 0.05) is 18.6 Å². The first kappa shape index (κ1) is 45.1. The van der Waals surface area contributed by atoms with Gasteiger partial charge in [0.15, 0.2) is 12.4 Å². The van der Waals surface area contributed by atoms with Crippen molar-refractivity contribution in [3.8, 4) is 5.75 Å². The molecule has 0 aliphatic carbocycles. The van der Waals surface area contributed by atoms with Crippen molar-refractivity contribution in [3.63, 3.8) is 0 Å². The van der Waals surface area contributed by atoms with Crippen LogP contribution in [0.25, 0.3) is 12.2 Å². The maximum Gasteiger partial charge on any atom is 0.169 e. The van der Waals surface area contributed by atoms with E-state index >= 15 is 0 Å². The van der Waals surface area contributed by atoms with Crippen LogP contribution in [0.3, 0.4) is 0 Å². The van der Waals surface area contributed by atoms with Gasteiger partial charge >= 0.3 is 0 Å². The van der Waals surface area contributed by atoms with E-state index in [0.717, 1.165) is 25.3 Å². The van der Waals surface area contributed by atoms with Gasteiger partial charge in [0.25, 0.3) is 0 Å². The van der Waals surface area contributed by atoms with E-state index in [1.807, 2.05) is 0 Å². The lowest BCUT2D eigenvalue weighted by Gasteiger charge is -2.07. The predicted molar refractivity (Wildman–Crippen MR) is 227 cm³/mol. The summed E-state index contributed by atoms with van der Waals surface area (Å²) in [5, 5.41) is 0. The zero-order chi connectivity index (χ0) is 36.1. The van der Waals surface area contributed by atoms with Crippen molar-refractivity contribution in [1.82, 2.24) is 0 Å². The number of hydrogen-bond donors (Lipinski definition) is 0. The number of aryl methyl sites for hydroxylation is 1. The zero-order valence-corrected chi connectivity index (χ0v) is 34.2. The topological polar surface area (TPSA) is 13.1 Å². The minimum Gasteiger partial charge on any atom is -0.494 e. The van der Waals surface area contributed by atoms with Crippen LogP contribution in [0.2, 0.25) is 0 Å². The molecule has 0 fully saturated rings.